The number of alkyl halides is 3. The van der Waals surface area contributed by atoms with Crippen molar-refractivity contribution in [3.63, 3.8) is 0 Å². The van der Waals surface area contributed by atoms with Gasteiger partial charge in [-0.3, -0.25) is 4.79 Å². The van der Waals surface area contributed by atoms with E-state index in [-0.39, 0.29) is 11.5 Å². The minimum absolute atomic E-state index is 0.00154. The number of ether oxygens (including phenoxy) is 1. The van der Waals surface area contributed by atoms with Gasteiger partial charge in [-0.1, -0.05) is 56.1 Å². The van der Waals surface area contributed by atoms with E-state index >= 15 is 0 Å². The lowest BCUT2D eigenvalue weighted by atomic mass is 10.1. The van der Waals surface area contributed by atoms with Gasteiger partial charge in [-0.2, -0.15) is 13.2 Å². The fraction of sp³-hybridized carbons (Fsp3) is 0.478. The van der Waals surface area contributed by atoms with Crippen molar-refractivity contribution in [3.8, 4) is 0 Å². The molecule has 0 unspecified atom stereocenters. The second kappa shape index (κ2) is 12.3. The number of esters is 1. The van der Waals surface area contributed by atoms with Crippen molar-refractivity contribution in [1.82, 2.24) is 0 Å². The van der Waals surface area contributed by atoms with Crippen LogP contribution in [0.15, 0.2) is 40.5 Å². The largest absolute Gasteiger partial charge is 0.463 e. The monoisotopic (exact) mass is 472 g/mol. The minimum Gasteiger partial charge on any atom is -0.463 e. The van der Waals surface area contributed by atoms with Crippen molar-refractivity contribution < 1.29 is 22.7 Å². The Kier molecular flexibility index (Phi) is 10.1. The Morgan fingerprint density at radius 1 is 1.13 bits per heavy atom. The minimum atomic E-state index is -4.63. The third-order valence-corrected chi connectivity index (χ3v) is 6.92. The quantitative estimate of drug-likeness (QED) is 0.142. The Morgan fingerprint density at radius 2 is 1.77 bits per heavy atom. The van der Waals surface area contributed by atoms with Gasteiger partial charge in [0.15, 0.2) is 0 Å². The molecule has 0 N–H and O–H groups in total. The Hall–Kier alpha value is -1.80. The van der Waals surface area contributed by atoms with Gasteiger partial charge in [-0.15, -0.1) is 11.8 Å². The van der Waals surface area contributed by atoms with Gasteiger partial charge in [-0.05, 0) is 48.6 Å². The molecule has 1 heterocycles. The van der Waals surface area contributed by atoms with Gasteiger partial charge in [-0.25, -0.2) is 4.79 Å². The molecule has 1 aromatic heterocycles. The topological polar surface area (TPSA) is 43.4 Å². The van der Waals surface area contributed by atoms with E-state index in [1.807, 2.05) is 12.1 Å². The maximum Gasteiger partial charge on any atom is 0.421 e. The number of fused-ring (bicyclic) bond motifs is 1. The molecule has 8 heteroatoms. The number of carbonyl (C=O) groups is 1. The maximum absolute atomic E-state index is 13.1. The summed E-state index contributed by atoms with van der Waals surface area (Å²) in [6, 6.07) is 5.33. The van der Waals surface area contributed by atoms with Gasteiger partial charge in [0, 0.05) is 15.7 Å². The summed E-state index contributed by atoms with van der Waals surface area (Å²) in [6.45, 7) is 5.15. The summed E-state index contributed by atoms with van der Waals surface area (Å²) in [5, 5.41) is 0.487. The van der Waals surface area contributed by atoms with Gasteiger partial charge in [0.05, 0.1) is 6.61 Å². The third-order valence-electron chi connectivity index (χ3n) is 4.89. The molecule has 31 heavy (non-hydrogen) atoms. The van der Waals surface area contributed by atoms with Gasteiger partial charge in [0.2, 0.25) is 4.74 Å². The van der Waals surface area contributed by atoms with Crippen LogP contribution in [0.4, 0.5) is 13.2 Å². The molecule has 0 bridgehead atoms. The molecule has 0 radical (unpaired) electrons. The molecule has 0 fully saturated rings. The number of hydrogen-bond donors (Lipinski definition) is 0. The van der Waals surface area contributed by atoms with E-state index in [0.717, 1.165) is 55.6 Å². The number of aryl methyl sites for hydroxylation is 1. The zero-order valence-corrected chi connectivity index (χ0v) is 19.2. The number of carbonyl (C=O) groups excluding carboxylic acids is 1. The van der Waals surface area contributed by atoms with E-state index in [1.165, 1.54) is 13.0 Å². The summed E-state index contributed by atoms with van der Waals surface area (Å²) < 4.78 is 43.9. The number of thioether (sulfide) groups is 1. The molecule has 0 spiro atoms. The van der Waals surface area contributed by atoms with Crippen molar-refractivity contribution in [2.75, 3.05) is 12.4 Å². The van der Waals surface area contributed by atoms with Crippen LogP contribution in [0.25, 0.3) is 10.1 Å². The second-order valence-corrected chi connectivity index (χ2v) is 9.42. The van der Waals surface area contributed by atoms with Crippen LogP contribution in [-0.2, 0) is 15.7 Å². The summed E-state index contributed by atoms with van der Waals surface area (Å²) in [5.74, 6) is 0.552. The molecule has 0 saturated heterocycles. The van der Waals surface area contributed by atoms with Crippen molar-refractivity contribution in [2.24, 2.45) is 0 Å². The van der Waals surface area contributed by atoms with E-state index in [2.05, 4.69) is 6.58 Å². The predicted molar refractivity (Wildman–Crippen MR) is 122 cm³/mol. The van der Waals surface area contributed by atoms with Gasteiger partial charge < -0.3 is 4.74 Å². The number of halogens is 3. The number of rotatable bonds is 12. The third kappa shape index (κ3) is 8.00. The van der Waals surface area contributed by atoms with Crippen LogP contribution in [0.5, 0.6) is 0 Å². The molecule has 3 nitrogen and oxygen atoms in total. The molecule has 0 saturated carbocycles. The average Bonchev–Trinajstić information content (AvgIpc) is 2.70. The van der Waals surface area contributed by atoms with Crippen LogP contribution in [0.3, 0.4) is 0 Å². The first-order valence-corrected chi connectivity index (χ1v) is 12.1. The van der Waals surface area contributed by atoms with Crippen LogP contribution in [0, 0.1) is 6.92 Å². The molecule has 2 aromatic rings. The van der Waals surface area contributed by atoms with Crippen LogP contribution in [-0.4, -0.2) is 18.3 Å². The summed E-state index contributed by atoms with van der Waals surface area (Å²) in [7, 11) is 0. The molecule has 0 atom stereocenters. The van der Waals surface area contributed by atoms with Crippen LogP contribution in [0.1, 0.15) is 56.1 Å². The van der Waals surface area contributed by atoms with Gasteiger partial charge in [0.1, 0.15) is 5.56 Å². The van der Waals surface area contributed by atoms with Crippen LogP contribution >= 0.6 is 23.1 Å². The lowest BCUT2D eigenvalue weighted by Gasteiger charge is -2.11. The number of hydrogen-bond acceptors (Lipinski definition) is 5. The standard InChI is InChI=1S/C23H27F3O3S2/c1-3-20(27)29-13-9-7-5-4-6-8-10-14-30-17-11-12-18-16(2)21(23(24,25)26)22(28)31-19(18)15-17/h3,11-12,15H,1,4-10,13-14H2,2H3. The highest BCUT2D eigenvalue weighted by molar-refractivity contribution is 7.99. The number of unbranched alkanes of at least 4 members (excludes halogenated alkanes) is 6. The summed E-state index contributed by atoms with van der Waals surface area (Å²) in [5.41, 5.74) is -1.05. The smallest absolute Gasteiger partial charge is 0.421 e. The molecule has 0 amide bonds. The van der Waals surface area contributed by atoms with Gasteiger partial charge in [0.25, 0.3) is 0 Å². The summed E-state index contributed by atoms with van der Waals surface area (Å²) in [6.07, 6.45) is 4.02. The summed E-state index contributed by atoms with van der Waals surface area (Å²) >= 11 is 2.33. The zero-order valence-electron chi connectivity index (χ0n) is 17.6. The Bertz CT molecular complexity index is 951. The first-order chi connectivity index (χ1) is 14.7. The van der Waals surface area contributed by atoms with Crippen LogP contribution in [0.2, 0.25) is 0 Å². The highest BCUT2D eigenvalue weighted by Crippen LogP contribution is 2.35. The highest BCUT2D eigenvalue weighted by atomic mass is 32.2. The maximum atomic E-state index is 13.1. The Morgan fingerprint density at radius 3 is 2.42 bits per heavy atom. The van der Waals surface area contributed by atoms with Crippen molar-refractivity contribution >= 4 is 39.2 Å². The predicted octanol–water partition coefficient (Wildman–Crippen LogP) is 7.14. The second-order valence-electron chi connectivity index (χ2n) is 7.24. The molecule has 2 rings (SSSR count). The van der Waals surface area contributed by atoms with Gasteiger partial charge >= 0.3 is 12.1 Å². The normalized spacial score (nSPS) is 11.6. The number of benzene rings is 1. The lowest BCUT2D eigenvalue weighted by molar-refractivity contribution is -0.139. The first kappa shape index (κ1) is 25.5. The molecule has 170 valence electrons. The first-order valence-electron chi connectivity index (χ1n) is 10.3. The lowest BCUT2D eigenvalue weighted by Crippen LogP contribution is -2.18. The molecular weight excluding hydrogens is 445 g/mol. The Labute approximate surface area is 188 Å². The molecule has 0 aliphatic heterocycles. The van der Waals surface area contributed by atoms with Crippen LogP contribution < -0.4 is 4.74 Å². The van der Waals surface area contributed by atoms with E-state index in [9.17, 15) is 22.8 Å². The molecule has 0 aliphatic rings. The fourth-order valence-electron chi connectivity index (χ4n) is 3.26. The Balaban J connectivity index is 1.71. The van der Waals surface area contributed by atoms with Crippen molar-refractivity contribution in [2.45, 2.75) is 62.9 Å². The van der Waals surface area contributed by atoms with Crippen molar-refractivity contribution in [1.29, 1.82) is 0 Å². The molecular formula is C23H27F3O3S2. The van der Waals surface area contributed by atoms with E-state index in [0.29, 0.717) is 28.0 Å². The zero-order chi connectivity index (χ0) is 22.9. The molecule has 0 aliphatic carbocycles. The van der Waals surface area contributed by atoms with Crippen molar-refractivity contribution in [3.05, 3.63) is 51.5 Å². The fourth-order valence-corrected chi connectivity index (χ4v) is 5.38. The van der Waals surface area contributed by atoms with E-state index < -0.39 is 16.5 Å². The van der Waals surface area contributed by atoms with E-state index in [4.69, 9.17) is 4.74 Å². The average molecular weight is 473 g/mol. The molecule has 1 aromatic carbocycles. The van der Waals surface area contributed by atoms with E-state index in [1.54, 1.807) is 17.8 Å². The summed E-state index contributed by atoms with van der Waals surface area (Å²) in [4.78, 5) is 23.8. The SMILES string of the molecule is C=CC(=O)OCCCCCCCCCSc1ccc2c(C)c(C(F)(F)F)c(=O)sc2c1. The highest BCUT2D eigenvalue weighted by Gasteiger charge is 2.36.